The number of amides is 1. The second-order valence-electron chi connectivity index (χ2n) is 8.20. The lowest BCUT2D eigenvalue weighted by Crippen LogP contribution is -2.39. The van der Waals surface area contributed by atoms with E-state index in [1.807, 2.05) is 12.1 Å². The molecule has 4 rings (SSSR count). The fourth-order valence-electron chi connectivity index (χ4n) is 3.96. The van der Waals surface area contributed by atoms with Crippen molar-refractivity contribution in [1.29, 1.82) is 0 Å². The second kappa shape index (κ2) is 9.41. The van der Waals surface area contributed by atoms with Crippen molar-refractivity contribution in [3.05, 3.63) is 65.2 Å². The molecule has 2 atom stereocenters. The normalized spacial score (nSPS) is 22.6. The molecular formula is C22H24ClF3N2O3S. The lowest BCUT2D eigenvalue weighted by atomic mass is 10.1. The molecule has 5 nitrogen and oxygen atoms in total. The lowest BCUT2D eigenvalue weighted by molar-refractivity contribution is -0.137. The van der Waals surface area contributed by atoms with Crippen molar-refractivity contribution in [3.8, 4) is 0 Å². The van der Waals surface area contributed by atoms with Crippen molar-refractivity contribution in [2.45, 2.75) is 43.4 Å². The molecule has 2 N–H and O–H groups in total. The van der Waals surface area contributed by atoms with Crippen LogP contribution in [-0.2, 0) is 16.0 Å². The first-order valence-electron chi connectivity index (χ1n) is 10.2. The van der Waals surface area contributed by atoms with Crippen molar-refractivity contribution in [2.24, 2.45) is 0 Å². The van der Waals surface area contributed by atoms with Gasteiger partial charge in [-0.15, -0.1) is 12.4 Å². The van der Waals surface area contributed by atoms with Crippen LogP contribution in [0.1, 0.15) is 46.7 Å². The number of carbonyl (C=O) groups excluding carboxylic acids is 1. The third kappa shape index (κ3) is 6.02. The Hall–Kier alpha value is -2.10. The van der Waals surface area contributed by atoms with E-state index in [0.717, 1.165) is 24.1 Å². The van der Waals surface area contributed by atoms with E-state index in [2.05, 4.69) is 10.6 Å². The standard InChI is InChI=1S/C22H23F3N2O3S.ClH/c23-22(24,25)16-3-1-2-15(12-16)21(28)27-17-6-4-14(5-7-17)19-13-20(19)26-18-8-10-31(29,30)11-9-18;/h1-7,12,18-20,26H,8-11,13H2,(H,27,28);1H. The van der Waals surface area contributed by atoms with E-state index in [-0.39, 0.29) is 35.5 Å². The summed E-state index contributed by atoms with van der Waals surface area (Å²) < 4.78 is 61.6. The Morgan fingerprint density at radius 3 is 2.28 bits per heavy atom. The third-order valence-electron chi connectivity index (χ3n) is 5.84. The van der Waals surface area contributed by atoms with Crippen LogP contribution in [0.3, 0.4) is 0 Å². The Bertz CT molecular complexity index is 1060. The maximum Gasteiger partial charge on any atom is 0.416 e. The number of hydrogen-bond donors (Lipinski definition) is 2. The SMILES string of the molecule is Cl.O=C(Nc1ccc(C2CC2NC2CCS(=O)(=O)CC2)cc1)c1cccc(C(F)(F)F)c1. The van der Waals surface area contributed by atoms with Crippen molar-refractivity contribution in [2.75, 3.05) is 16.8 Å². The number of sulfone groups is 1. The van der Waals surface area contributed by atoms with Gasteiger partial charge >= 0.3 is 6.18 Å². The van der Waals surface area contributed by atoms with Crippen LogP contribution in [0.2, 0.25) is 0 Å². The zero-order chi connectivity index (χ0) is 22.2. The zero-order valence-electron chi connectivity index (χ0n) is 17.1. The molecule has 1 saturated carbocycles. The van der Waals surface area contributed by atoms with Gasteiger partial charge in [0, 0.05) is 29.3 Å². The molecule has 1 heterocycles. The maximum absolute atomic E-state index is 12.8. The van der Waals surface area contributed by atoms with Gasteiger partial charge in [-0.2, -0.15) is 13.2 Å². The zero-order valence-corrected chi connectivity index (χ0v) is 18.7. The van der Waals surface area contributed by atoms with Crippen molar-refractivity contribution >= 4 is 33.8 Å². The Balaban J connectivity index is 0.00000289. The van der Waals surface area contributed by atoms with Gasteiger partial charge in [0.2, 0.25) is 0 Å². The minimum absolute atomic E-state index is 0. The lowest BCUT2D eigenvalue weighted by Gasteiger charge is -2.23. The molecule has 174 valence electrons. The van der Waals surface area contributed by atoms with Crippen molar-refractivity contribution in [3.63, 3.8) is 0 Å². The first kappa shape index (κ1) is 24.5. The molecule has 2 unspecified atom stereocenters. The van der Waals surface area contributed by atoms with E-state index in [1.165, 1.54) is 12.1 Å². The number of carbonyl (C=O) groups is 1. The van der Waals surface area contributed by atoms with E-state index in [1.54, 1.807) is 12.1 Å². The Morgan fingerprint density at radius 1 is 1.00 bits per heavy atom. The molecule has 10 heteroatoms. The van der Waals surface area contributed by atoms with E-state index < -0.39 is 27.5 Å². The first-order valence-corrected chi connectivity index (χ1v) is 12.0. The van der Waals surface area contributed by atoms with Gasteiger partial charge in [-0.25, -0.2) is 8.42 Å². The molecule has 1 amide bonds. The van der Waals surface area contributed by atoms with Gasteiger partial charge in [0.25, 0.3) is 5.91 Å². The molecular weight excluding hydrogens is 465 g/mol. The number of benzene rings is 2. The van der Waals surface area contributed by atoms with Gasteiger partial charge in [0.05, 0.1) is 17.1 Å². The minimum Gasteiger partial charge on any atom is -0.322 e. The van der Waals surface area contributed by atoms with Gasteiger partial charge < -0.3 is 10.6 Å². The number of rotatable bonds is 5. The summed E-state index contributed by atoms with van der Waals surface area (Å²) in [6, 6.07) is 12.1. The molecule has 1 saturated heterocycles. The first-order chi connectivity index (χ1) is 14.6. The summed E-state index contributed by atoms with van der Waals surface area (Å²) in [6.07, 6.45) is -2.24. The maximum atomic E-state index is 12.8. The summed E-state index contributed by atoms with van der Waals surface area (Å²) in [5, 5.41) is 6.17. The largest absolute Gasteiger partial charge is 0.416 e. The average Bonchev–Trinajstić information content (AvgIpc) is 3.49. The predicted octanol–water partition coefficient (Wildman–Crippen LogP) is 4.40. The highest BCUT2D eigenvalue weighted by molar-refractivity contribution is 7.91. The number of anilines is 1. The van der Waals surface area contributed by atoms with Crippen LogP contribution < -0.4 is 10.6 Å². The summed E-state index contributed by atoms with van der Waals surface area (Å²) in [5.41, 5.74) is 0.699. The van der Waals surface area contributed by atoms with E-state index in [9.17, 15) is 26.4 Å². The summed E-state index contributed by atoms with van der Waals surface area (Å²) in [5.74, 6) is 0.216. The molecule has 0 radical (unpaired) electrons. The molecule has 32 heavy (non-hydrogen) atoms. The van der Waals surface area contributed by atoms with Gasteiger partial charge in [-0.05, 0) is 55.2 Å². The Labute approximate surface area is 191 Å². The summed E-state index contributed by atoms with van der Waals surface area (Å²) in [4.78, 5) is 12.3. The second-order valence-corrected chi connectivity index (χ2v) is 10.5. The summed E-state index contributed by atoms with van der Waals surface area (Å²) in [7, 11) is -2.87. The van der Waals surface area contributed by atoms with Gasteiger partial charge in [-0.3, -0.25) is 4.79 Å². The molecule has 0 aromatic heterocycles. The number of nitrogens with one attached hydrogen (secondary N) is 2. The molecule has 1 aliphatic carbocycles. The van der Waals surface area contributed by atoms with Gasteiger partial charge in [0.1, 0.15) is 9.84 Å². The minimum atomic E-state index is -4.50. The highest BCUT2D eigenvalue weighted by atomic mass is 35.5. The quantitative estimate of drug-likeness (QED) is 0.654. The van der Waals surface area contributed by atoms with Crippen molar-refractivity contribution < 1.29 is 26.4 Å². The monoisotopic (exact) mass is 488 g/mol. The molecule has 2 aromatic rings. The van der Waals surface area contributed by atoms with Crippen LogP contribution in [0.5, 0.6) is 0 Å². The van der Waals surface area contributed by atoms with Gasteiger partial charge in [0.15, 0.2) is 0 Å². The van der Waals surface area contributed by atoms with E-state index in [0.29, 0.717) is 30.5 Å². The van der Waals surface area contributed by atoms with Crippen LogP contribution >= 0.6 is 12.4 Å². The molecule has 1 aliphatic heterocycles. The topological polar surface area (TPSA) is 75.3 Å². The number of halogens is 4. The fraction of sp³-hybridized carbons (Fsp3) is 0.409. The van der Waals surface area contributed by atoms with E-state index >= 15 is 0 Å². The van der Waals surface area contributed by atoms with E-state index in [4.69, 9.17) is 0 Å². The smallest absolute Gasteiger partial charge is 0.322 e. The molecule has 2 aromatic carbocycles. The van der Waals surface area contributed by atoms with Crippen LogP contribution in [0.25, 0.3) is 0 Å². The van der Waals surface area contributed by atoms with Gasteiger partial charge in [-0.1, -0.05) is 18.2 Å². The fourth-order valence-corrected chi connectivity index (χ4v) is 5.45. The summed E-state index contributed by atoms with van der Waals surface area (Å²) >= 11 is 0. The van der Waals surface area contributed by atoms with Crippen LogP contribution in [0.4, 0.5) is 18.9 Å². The molecule has 0 spiro atoms. The highest BCUT2D eigenvalue weighted by Crippen LogP contribution is 2.42. The predicted molar refractivity (Wildman–Crippen MR) is 119 cm³/mol. The molecule has 2 fully saturated rings. The number of alkyl halides is 3. The van der Waals surface area contributed by atoms with Crippen LogP contribution in [0.15, 0.2) is 48.5 Å². The Morgan fingerprint density at radius 2 is 1.66 bits per heavy atom. The van der Waals surface area contributed by atoms with Crippen molar-refractivity contribution in [1.82, 2.24) is 5.32 Å². The summed E-state index contributed by atoms with van der Waals surface area (Å²) in [6.45, 7) is 0. The highest BCUT2D eigenvalue weighted by Gasteiger charge is 2.40. The molecule has 2 aliphatic rings. The average molecular weight is 489 g/mol. The van der Waals surface area contributed by atoms with Crippen LogP contribution in [-0.4, -0.2) is 37.9 Å². The Kier molecular flexibility index (Phi) is 7.21. The van der Waals surface area contributed by atoms with Crippen LogP contribution in [0, 0.1) is 0 Å². The third-order valence-corrected chi connectivity index (χ3v) is 7.56. The number of hydrogen-bond acceptors (Lipinski definition) is 4. The molecule has 0 bridgehead atoms.